The fraction of sp³-hybridized carbons (Fsp3) is 0.400. The molecule has 0 saturated carbocycles. The minimum absolute atomic E-state index is 0.353. The Bertz CT molecular complexity index is 533. The molecule has 0 unspecified atom stereocenters. The van der Waals surface area contributed by atoms with Crippen LogP contribution in [0.2, 0.25) is 5.02 Å². The van der Waals surface area contributed by atoms with E-state index in [0.717, 1.165) is 30.6 Å². The molecule has 0 amide bonds. The topological polar surface area (TPSA) is 70.6 Å². The molecule has 0 bridgehead atoms. The standard InChI is InChI=1S/C10H11ClN6/c1-6-14-9(16-15-6)7-3-17(4-7)10-8(11)2-12-5-13-10/h2,5,7H,3-4H2,1H3,(H,14,15,16). The zero-order valence-corrected chi connectivity index (χ0v) is 10.0. The molecule has 7 heteroatoms. The van der Waals surface area contributed by atoms with Crippen LogP contribution >= 0.6 is 11.6 Å². The summed E-state index contributed by atoms with van der Waals surface area (Å²) in [5.74, 6) is 2.85. The van der Waals surface area contributed by atoms with E-state index in [0.29, 0.717) is 10.9 Å². The Kier molecular flexibility index (Phi) is 2.44. The minimum Gasteiger partial charge on any atom is -0.354 e. The van der Waals surface area contributed by atoms with Crippen LogP contribution in [0.4, 0.5) is 5.82 Å². The summed E-state index contributed by atoms with van der Waals surface area (Å²) < 4.78 is 0. The van der Waals surface area contributed by atoms with Crippen LogP contribution in [0.25, 0.3) is 0 Å². The van der Waals surface area contributed by atoms with Gasteiger partial charge in [-0.2, -0.15) is 5.10 Å². The van der Waals surface area contributed by atoms with Gasteiger partial charge in [-0.1, -0.05) is 11.6 Å². The van der Waals surface area contributed by atoms with Crippen molar-refractivity contribution in [2.75, 3.05) is 18.0 Å². The lowest BCUT2D eigenvalue weighted by Crippen LogP contribution is -2.46. The predicted molar refractivity (Wildman–Crippen MR) is 63.1 cm³/mol. The molecule has 0 aliphatic carbocycles. The summed E-state index contributed by atoms with van der Waals surface area (Å²) in [6.07, 6.45) is 3.11. The molecule has 3 heterocycles. The van der Waals surface area contributed by atoms with Gasteiger partial charge in [-0.25, -0.2) is 15.0 Å². The van der Waals surface area contributed by atoms with Gasteiger partial charge in [0.05, 0.1) is 12.1 Å². The Morgan fingerprint density at radius 1 is 1.47 bits per heavy atom. The average molecular weight is 251 g/mol. The molecule has 2 aromatic rings. The molecule has 3 rings (SSSR count). The molecule has 1 fully saturated rings. The quantitative estimate of drug-likeness (QED) is 0.866. The number of rotatable bonds is 2. The van der Waals surface area contributed by atoms with Gasteiger partial charge in [0.15, 0.2) is 11.6 Å². The number of hydrogen-bond acceptors (Lipinski definition) is 5. The van der Waals surface area contributed by atoms with E-state index in [-0.39, 0.29) is 0 Å². The molecule has 17 heavy (non-hydrogen) atoms. The van der Waals surface area contributed by atoms with Crippen LogP contribution in [0.1, 0.15) is 17.6 Å². The van der Waals surface area contributed by atoms with E-state index in [2.05, 4.69) is 30.0 Å². The first-order valence-corrected chi connectivity index (χ1v) is 5.71. The van der Waals surface area contributed by atoms with Crippen LogP contribution in [0.5, 0.6) is 0 Å². The number of H-pyrrole nitrogens is 1. The number of nitrogens with one attached hydrogen (secondary N) is 1. The van der Waals surface area contributed by atoms with Crippen molar-refractivity contribution in [3.8, 4) is 0 Å². The number of aromatic amines is 1. The number of halogens is 1. The smallest absolute Gasteiger partial charge is 0.157 e. The molecule has 6 nitrogen and oxygen atoms in total. The highest BCUT2D eigenvalue weighted by Gasteiger charge is 2.32. The normalized spacial score (nSPS) is 16.0. The predicted octanol–water partition coefficient (Wildman–Crippen LogP) is 1.16. The first-order chi connectivity index (χ1) is 8.24. The summed E-state index contributed by atoms with van der Waals surface area (Å²) in [6.45, 7) is 3.58. The fourth-order valence-electron chi connectivity index (χ4n) is 1.90. The zero-order valence-electron chi connectivity index (χ0n) is 9.26. The van der Waals surface area contributed by atoms with E-state index >= 15 is 0 Å². The number of hydrogen-bond donors (Lipinski definition) is 1. The largest absolute Gasteiger partial charge is 0.354 e. The molecule has 0 atom stereocenters. The lowest BCUT2D eigenvalue weighted by Gasteiger charge is -2.38. The Morgan fingerprint density at radius 2 is 2.29 bits per heavy atom. The Morgan fingerprint density at radius 3 is 2.94 bits per heavy atom. The molecule has 0 aromatic carbocycles. The highest BCUT2D eigenvalue weighted by molar-refractivity contribution is 6.32. The van der Waals surface area contributed by atoms with Gasteiger partial charge >= 0.3 is 0 Å². The summed E-state index contributed by atoms with van der Waals surface area (Å²) in [5.41, 5.74) is 0. The number of nitrogens with zero attached hydrogens (tertiary/aromatic N) is 5. The summed E-state index contributed by atoms with van der Waals surface area (Å²) in [4.78, 5) is 14.5. The van der Waals surface area contributed by atoms with E-state index in [9.17, 15) is 0 Å². The first kappa shape index (κ1) is 10.5. The number of aromatic nitrogens is 5. The molecule has 0 spiro atoms. The Labute approximate surface area is 103 Å². The van der Waals surface area contributed by atoms with Crippen molar-refractivity contribution in [3.05, 3.63) is 29.2 Å². The van der Waals surface area contributed by atoms with Gasteiger partial charge in [-0.3, -0.25) is 5.10 Å². The molecular weight excluding hydrogens is 240 g/mol. The van der Waals surface area contributed by atoms with Crippen molar-refractivity contribution in [2.45, 2.75) is 12.8 Å². The third-order valence-corrected chi connectivity index (χ3v) is 3.08. The van der Waals surface area contributed by atoms with Crippen molar-refractivity contribution in [3.63, 3.8) is 0 Å². The second kappa shape index (κ2) is 3.96. The fourth-order valence-corrected chi connectivity index (χ4v) is 2.12. The second-order valence-electron chi connectivity index (χ2n) is 4.08. The van der Waals surface area contributed by atoms with E-state index in [4.69, 9.17) is 11.6 Å². The van der Waals surface area contributed by atoms with E-state index in [1.807, 2.05) is 6.92 Å². The van der Waals surface area contributed by atoms with Crippen molar-refractivity contribution in [2.24, 2.45) is 0 Å². The van der Waals surface area contributed by atoms with Crippen molar-refractivity contribution in [1.82, 2.24) is 25.1 Å². The molecule has 0 radical (unpaired) electrons. The third-order valence-electron chi connectivity index (χ3n) is 2.81. The Balaban J connectivity index is 1.71. The average Bonchev–Trinajstić information content (AvgIpc) is 2.66. The van der Waals surface area contributed by atoms with Crippen LogP contribution in [0, 0.1) is 6.92 Å². The first-order valence-electron chi connectivity index (χ1n) is 5.33. The monoisotopic (exact) mass is 250 g/mol. The lowest BCUT2D eigenvalue weighted by atomic mass is 10.00. The molecule has 1 N–H and O–H groups in total. The molecule has 1 aliphatic heterocycles. The molecule has 1 saturated heterocycles. The summed E-state index contributed by atoms with van der Waals surface area (Å²) in [7, 11) is 0. The summed E-state index contributed by atoms with van der Waals surface area (Å²) in [5, 5.41) is 7.59. The van der Waals surface area contributed by atoms with Gasteiger partial charge < -0.3 is 4.90 Å². The Hall–Kier alpha value is -1.69. The van der Waals surface area contributed by atoms with Gasteiger partial charge in [0.25, 0.3) is 0 Å². The van der Waals surface area contributed by atoms with Gasteiger partial charge in [-0.05, 0) is 6.92 Å². The maximum atomic E-state index is 6.03. The summed E-state index contributed by atoms with van der Waals surface area (Å²) in [6, 6.07) is 0. The second-order valence-corrected chi connectivity index (χ2v) is 4.48. The van der Waals surface area contributed by atoms with Crippen LogP contribution in [-0.2, 0) is 0 Å². The van der Waals surface area contributed by atoms with Gasteiger partial charge in [0.1, 0.15) is 17.2 Å². The lowest BCUT2D eigenvalue weighted by molar-refractivity contribution is 0.497. The zero-order chi connectivity index (χ0) is 11.8. The summed E-state index contributed by atoms with van der Waals surface area (Å²) >= 11 is 6.03. The minimum atomic E-state index is 0.353. The SMILES string of the molecule is Cc1nc(C2CN(c3ncncc3Cl)C2)n[nH]1. The number of anilines is 1. The van der Waals surface area contributed by atoms with E-state index in [1.54, 1.807) is 6.20 Å². The van der Waals surface area contributed by atoms with Gasteiger partial charge in [0.2, 0.25) is 0 Å². The third kappa shape index (κ3) is 1.84. The highest BCUT2D eigenvalue weighted by atomic mass is 35.5. The number of aryl methyl sites for hydroxylation is 1. The highest BCUT2D eigenvalue weighted by Crippen LogP contribution is 2.32. The molecule has 88 valence electrons. The molecular formula is C10H11ClN6. The van der Waals surface area contributed by atoms with Crippen molar-refractivity contribution in [1.29, 1.82) is 0 Å². The molecule has 1 aliphatic rings. The van der Waals surface area contributed by atoms with Gasteiger partial charge in [0, 0.05) is 13.1 Å². The van der Waals surface area contributed by atoms with Crippen molar-refractivity contribution < 1.29 is 0 Å². The van der Waals surface area contributed by atoms with Crippen molar-refractivity contribution >= 4 is 17.4 Å². The van der Waals surface area contributed by atoms with Crippen LogP contribution in [-0.4, -0.2) is 38.2 Å². The maximum Gasteiger partial charge on any atom is 0.157 e. The maximum absolute atomic E-state index is 6.03. The van der Waals surface area contributed by atoms with Gasteiger partial charge in [-0.15, -0.1) is 0 Å². The van der Waals surface area contributed by atoms with Crippen LogP contribution in [0.3, 0.4) is 0 Å². The van der Waals surface area contributed by atoms with Crippen LogP contribution < -0.4 is 4.90 Å². The molecule has 2 aromatic heterocycles. The van der Waals surface area contributed by atoms with E-state index < -0.39 is 0 Å². The van der Waals surface area contributed by atoms with E-state index in [1.165, 1.54) is 6.33 Å². The van der Waals surface area contributed by atoms with Crippen LogP contribution in [0.15, 0.2) is 12.5 Å².